The van der Waals surface area contributed by atoms with Crippen LogP contribution in [0.15, 0.2) is 29.2 Å². The van der Waals surface area contributed by atoms with Crippen molar-refractivity contribution >= 4 is 21.9 Å². The monoisotopic (exact) mass is 282 g/mol. The van der Waals surface area contributed by atoms with Crippen LogP contribution in [-0.2, 0) is 19.4 Å². The van der Waals surface area contributed by atoms with E-state index in [1.165, 1.54) is 26.0 Å². The number of sulfone groups is 1. The van der Waals surface area contributed by atoms with Crippen LogP contribution in [0.25, 0.3) is 0 Å². The number of hydrogen-bond donors (Lipinski definition) is 0. The van der Waals surface area contributed by atoms with Crippen molar-refractivity contribution in [1.29, 1.82) is 0 Å². The lowest BCUT2D eigenvalue weighted by Gasteiger charge is -2.19. The number of hydrogen-bond acceptors (Lipinski definition) is 4. The summed E-state index contributed by atoms with van der Waals surface area (Å²) in [5, 5.41) is -0.995. The Morgan fingerprint density at radius 1 is 1.26 bits per heavy atom. The fourth-order valence-electron chi connectivity index (χ4n) is 1.85. The van der Waals surface area contributed by atoms with Gasteiger partial charge in [-0.25, -0.2) is 8.42 Å². The molecule has 5 heteroatoms. The molecule has 1 rings (SSSR count). The first-order valence-corrected chi connectivity index (χ1v) is 7.59. The van der Waals surface area contributed by atoms with Gasteiger partial charge in [0.25, 0.3) is 0 Å². The lowest BCUT2D eigenvalue weighted by molar-refractivity contribution is -0.117. The average Bonchev–Trinajstić information content (AvgIpc) is 2.35. The number of ketones is 1. The van der Waals surface area contributed by atoms with Crippen LogP contribution in [0.3, 0.4) is 0 Å². The molecule has 1 aromatic carbocycles. The summed E-state index contributed by atoms with van der Waals surface area (Å²) in [5.74, 6) is -0.954. The molecule has 0 N–H and O–H groups in total. The smallest absolute Gasteiger partial charge is 0.182 e. The van der Waals surface area contributed by atoms with E-state index in [0.717, 1.165) is 5.56 Å². The van der Waals surface area contributed by atoms with Crippen molar-refractivity contribution in [3.05, 3.63) is 29.8 Å². The molecular weight excluding hydrogens is 264 g/mol. The lowest BCUT2D eigenvalue weighted by atomic mass is 10.1. The molecule has 19 heavy (non-hydrogen) atoms. The van der Waals surface area contributed by atoms with E-state index in [0.29, 0.717) is 6.29 Å². The summed E-state index contributed by atoms with van der Waals surface area (Å²) >= 11 is 0. The number of benzene rings is 1. The van der Waals surface area contributed by atoms with Crippen LogP contribution in [0.4, 0.5) is 0 Å². The fraction of sp³-hybridized carbons (Fsp3) is 0.429. The zero-order chi connectivity index (χ0) is 14.6. The zero-order valence-corrected chi connectivity index (χ0v) is 12.1. The van der Waals surface area contributed by atoms with Crippen LogP contribution >= 0.6 is 0 Å². The number of carbonyl (C=O) groups excluding carboxylic acids is 2. The van der Waals surface area contributed by atoms with Gasteiger partial charge in [0.05, 0.1) is 10.1 Å². The molecule has 0 aliphatic carbocycles. The maximum absolute atomic E-state index is 12.5. The quantitative estimate of drug-likeness (QED) is 0.748. The number of carbonyl (C=O) groups is 2. The Kier molecular flexibility index (Phi) is 5.00. The summed E-state index contributed by atoms with van der Waals surface area (Å²) in [7, 11) is -3.68. The molecule has 2 atom stereocenters. The van der Waals surface area contributed by atoms with Gasteiger partial charge in [0.1, 0.15) is 12.1 Å². The van der Waals surface area contributed by atoms with Crippen molar-refractivity contribution in [1.82, 2.24) is 0 Å². The molecule has 1 aromatic rings. The summed E-state index contributed by atoms with van der Waals surface area (Å²) in [6.45, 7) is 4.71. The summed E-state index contributed by atoms with van der Waals surface area (Å²) in [5.41, 5.74) is 0.950. The van der Waals surface area contributed by atoms with Gasteiger partial charge in [-0.1, -0.05) is 24.6 Å². The van der Waals surface area contributed by atoms with Crippen molar-refractivity contribution in [2.24, 2.45) is 5.92 Å². The van der Waals surface area contributed by atoms with Gasteiger partial charge in [-0.15, -0.1) is 0 Å². The minimum atomic E-state index is -3.68. The Morgan fingerprint density at radius 3 is 2.21 bits per heavy atom. The van der Waals surface area contributed by atoms with Gasteiger partial charge in [0.15, 0.2) is 9.84 Å². The second-order valence-corrected chi connectivity index (χ2v) is 6.96. The molecule has 0 bridgehead atoms. The first-order chi connectivity index (χ1) is 8.78. The topological polar surface area (TPSA) is 68.3 Å². The Labute approximate surface area is 113 Å². The third-order valence-corrected chi connectivity index (χ3v) is 5.36. The summed E-state index contributed by atoms with van der Waals surface area (Å²) in [6, 6.07) is 6.41. The minimum absolute atomic E-state index is 0.143. The van der Waals surface area contributed by atoms with Crippen molar-refractivity contribution < 1.29 is 18.0 Å². The van der Waals surface area contributed by atoms with E-state index in [-0.39, 0.29) is 17.1 Å². The van der Waals surface area contributed by atoms with Gasteiger partial charge in [-0.3, -0.25) is 4.79 Å². The molecule has 0 aromatic heterocycles. The SMILES string of the molecule is CC(=O)C[C@@H]([C@@H](C)C=O)S(=O)(=O)c1ccc(C)cc1. The lowest BCUT2D eigenvalue weighted by Crippen LogP contribution is -2.31. The highest BCUT2D eigenvalue weighted by molar-refractivity contribution is 7.92. The predicted molar refractivity (Wildman–Crippen MR) is 72.7 cm³/mol. The normalized spacial score (nSPS) is 14.7. The molecule has 0 amide bonds. The van der Waals surface area contributed by atoms with Crippen LogP contribution in [0, 0.1) is 12.8 Å². The average molecular weight is 282 g/mol. The van der Waals surface area contributed by atoms with E-state index < -0.39 is 21.0 Å². The molecule has 0 saturated heterocycles. The van der Waals surface area contributed by atoms with Crippen molar-refractivity contribution in [3.63, 3.8) is 0 Å². The standard InChI is InChI=1S/C14H18O4S/c1-10-4-6-13(7-5-10)19(17,18)14(8-12(3)16)11(2)9-15/h4-7,9,11,14H,8H2,1-3H3/t11-,14-/m0/s1. The Bertz CT molecular complexity index is 558. The number of aryl methyl sites for hydroxylation is 1. The van der Waals surface area contributed by atoms with E-state index in [4.69, 9.17) is 0 Å². The minimum Gasteiger partial charge on any atom is -0.303 e. The Balaban J connectivity index is 3.22. The van der Waals surface area contributed by atoms with Gasteiger partial charge in [-0.05, 0) is 26.0 Å². The molecule has 0 heterocycles. The summed E-state index contributed by atoms with van der Waals surface area (Å²) in [4.78, 5) is 22.3. The Hall–Kier alpha value is -1.49. The van der Waals surface area contributed by atoms with E-state index in [2.05, 4.69) is 0 Å². The summed E-state index contributed by atoms with van der Waals surface area (Å²) < 4.78 is 24.9. The Morgan fingerprint density at radius 2 is 1.79 bits per heavy atom. The maximum Gasteiger partial charge on any atom is 0.182 e. The number of Topliss-reactive ketones (excluding diaryl/α,β-unsaturated/α-hetero) is 1. The highest BCUT2D eigenvalue weighted by atomic mass is 32.2. The molecule has 0 fully saturated rings. The maximum atomic E-state index is 12.5. The van der Waals surface area contributed by atoms with Crippen LogP contribution in [0.1, 0.15) is 25.8 Å². The highest BCUT2D eigenvalue weighted by Gasteiger charge is 2.33. The van der Waals surface area contributed by atoms with E-state index in [1.807, 2.05) is 6.92 Å². The third kappa shape index (κ3) is 3.73. The van der Waals surface area contributed by atoms with Crippen molar-refractivity contribution in [2.75, 3.05) is 0 Å². The van der Waals surface area contributed by atoms with Crippen LogP contribution in [0.5, 0.6) is 0 Å². The van der Waals surface area contributed by atoms with Crippen LogP contribution < -0.4 is 0 Å². The zero-order valence-electron chi connectivity index (χ0n) is 11.3. The second-order valence-electron chi connectivity index (χ2n) is 4.80. The van der Waals surface area contributed by atoms with Crippen LogP contribution in [0.2, 0.25) is 0 Å². The third-order valence-electron chi connectivity index (χ3n) is 3.04. The molecule has 0 saturated carbocycles. The molecule has 0 radical (unpaired) electrons. The highest BCUT2D eigenvalue weighted by Crippen LogP contribution is 2.24. The van der Waals surface area contributed by atoms with Gasteiger partial charge in [0.2, 0.25) is 0 Å². The number of aldehydes is 1. The molecular formula is C14H18O4S. The van der Waals surface area contributed by atoms with Gasteiger partial charge in [-0.2, -0.15) is 0 Å². The van der Waals surface area contributed by atoms with Gasteiger partial charge in [0, 0.05) is 12.3 Å². The first kappa shape index (κ1) is 15.6. The van der Waals surface area contributed by atoms with E-state index in [1.54, 1.807) is 12.1 Å². The molecule has 0 aliphatic rings. The second kappa shape index (κ2) is 6.10. The van der Waals surface area contributed by atoms with Crippen molar-refractivity contribution in [3.8, 4) is 0 Å². The molecule has 104 valence electrons. The first-order valence-electron chi connectivity index (χ1n) is 6.04. The predicted octanol–water partition coefficient (Wildman–Crippen LogP) is 1.95. The van der Waals surface area contributed by atoms with Crippen molar-refractivity contribution in [2.45, 2.75) is 37.3 Å². The van der Waals surface area contributed by atoms with Gasteiger partial charge < -0.3 is 4.79 Å². The van der Waals surface area contributed by atoms with Crippen LogP contribution in [-0.4, -0.2) is 25.7 Å². The molecule has 0 aliphatic heterocycles. The fourth-order valence-corrected chi connectivity index (χ4v) is 3.80. The molecule has 0 unspecified atom stereocenters. The number of rotatable bonds is 6. The molecule has 0 spiro atoms. The van der Waals surface area contributed by atoms with Gasteiger partial charge >= 0.3 is 0 Å². The van der Waals surface area contributed by atoms with E-state index >= 15 is 0 Å². The summed E-state index contributed by atoms with van der Waals surface area (Å²) in [6.07, 6.45) is 0.440. The molecule has 4 nitrogen and oxygen atoms in total. The van der Waals surface area contributed by atoms with E-state index in [9.17, 15) is 18.0 Å². The largest absolute Gasteiger partial charge is 0.303 e.